The molecule has 19 heavy (non-hydrogen) atoms. The molecule has 0 bridgehead atoms. The minimum absolute atomic E-state index is 0.0292. The Morgan fingerprint density at radius 2 is 1.63 bits per heavy atom. The van der Waals surface area contributed by atoms with Crippen LogP contribution in [0.3, 0.4) is 0 Å². The quantitative estimate of drug-likeness (QED) is 0.824. The lowest BCUT2D eigenvalue weighted by atomic mass is 9.93. The molecule has 0 aromatic heterocycles. The molecule has 0 spiro atoms. The van der Waals surface area contributed by atoms with Crippen molar-refractivity contribution in [1.82, 2.24) is 10.2 Å². The summed E-state index contributed by atoms with van der Waals surface area (Å²) >= 11 is 0. The SMILES string of the molecule is CC(C)CN1CCC(O)CC1.CC(C)NC1CCC1. The molecule has 2 aliphatic rings. The highest BCUT2D eigenvalue weighted by atomic mass is 16.3. The number of likely N-dealkylation sites (tertiary alicyclic amines) is 1. The largest absolute Gasteiger partial charge is 0.393 e. The van der Waals surface area contributed by atoms with Gasteiger partial charge in [-0.1, -0.05) is 34.1 Å². The molecule has 0 aromatic carbocycles. The van der Waals surface area contributed by atoms with Gasteiger partial charge in [-0.2, -0.15) is 0 Å². The summed E-state index contributed by atoms with van der Waals surface area (Å²) in [5.74, 6) is 0.755. The molecule has 3 heteroatoms. The van der Waals surface area contributed by atoms with Gasteiger partial charge in [0.1, 0.15) is 0 Å². The third-order valence-electron chi connectivity index (χ3n) is 3.85. The van der Waals surface area contributed by atoms with E-state index in [2.05, 4.69) is 37.9 Å². The summed E-state index contributed by atoms with van der Waals surface area (Å²) in [5.41, 5.74) is 0. The molecule has 2 N–H and O–H groups in total. The third kappa shape index (κ3) is 7.91. The fraction of sp³-hybridized carbons (Fsp3) is 1.00. The van der Waals surface area contributed by atoms with Crippen LogP contribution < -0.4 is 5.32 Å². The van der Waals surface area contributed by atoms with E-state index >= 15 is 0 Å². The molecule has 1 aliphatic heterocycles. The Labute approximate surface area is 119 Å². The zero-order valence-electron chi connectivity index (χ0n) is 13.4. The van der Waals surface area contributed by atoms with Crippen LogP contribution in [0.15, 0.2) is 0 Å². The number of hydrogen-bond donors (Lipinski definition) is 2. The van der Waals surface area contributed by atoms with Crippen molar-refractivity contribution >= 4 is 0 Å². The zero-order chi connectivity index (χ0) is 14.3. The molecule has 0 unspecified atom stereocenters. The minimum atomic E-state index is -0.0292. The van der Waals surface area contributed by atoms with Crippen molar-refractivity contribution in [3.05, 3.63) is 0 Å². The van der Waals surface area contributed by atoms with E-state index in [1.54, 1.807) is 0 Å². The Kier molecular flexibility index (Phi) is 7.96. The second-order valence-electron chi connectivity index (χ2n) is 6.87. The first-order chi connectivity index (χ1) is 8.97. The van der Waals surface area contributed by atoms with Crippen LogP contribution in [0.25, 0.3) is 0 Å². The lowest BCUT2D eigenvalue weighted by molar-refractivity contribution is 0.0772. The predicted molar refractivity (Wildman–Crippen MR) is 82.4 cm³/mol. The van der Waals surface area contributed by atoms with Crippen LogP contribution in [-0.2, 0) is 0 Å². The molecule has 1 heterocycles. The van der Waals surface area contributed by atoms with E-state index in [0.717, 1.165) is 37.9 Å². The second kappa shape index (κ2) is 8.93. The molecular weight excluding hydrogens is 236 g/mol. The van der Waals surface area contributed by atoms with E-state index < -0.39 is 0 Å². The van der Waals surface area contributed by atoms with Gasteiger partial charge in [0.2, 0.25) is 0 Å². The molecule has 3 nitrogen and oxygen atoms in total. The fourth-order valence-electron chi connectivity index (χ4n) is 2.66. The van der Waals surface area contributed by atoms with E-state index in [0.29, 0.717) is 6.04 Å². The number of hydrogen-bond acceptors (Lipinski definition) is 3. The molecule has 1 saturated heterocycles. The van der Waals surface area contributed by atoms with Crippen molar-refractivity contribution < 1.29 is 5.11 Å². The summed E-state index contributed by atoms with van der Waals surface area (Å²) in [6.07, 6.45) is 6.14. The fourth-order valence-corrected chi connectivity index (χ4v) is 2.66. The van der Waals surface area contributed by atoms with E-state index in [-0.39, 0.29) is 6.10 Å². The van der Waals surface area contributed by atoms with Gasteiger partial charge in [0.25, 0.3) is 0 Å². The van der Waals surface area contributed by atoms with E-state index in [9.17, 15) is 5.11 Å². The standard InChI is InChI=1S/C9H19NO.C7H15N/c1-8(2)7-10-5-3-9(11)4-6-10;1-6(2)8-7-4-3-5-7/h8-9,11H,3-7H2,1-2H3;6-8H,3-5H2,1-2H3. The van der Waals surface area contributed by atoms with E-state index in [4.69, 9.17) is 0 Å². The van der Waals surface area contributed by atoms with E-state index in [1.807, 2.05) is 0 Å². The Morgan fingerprint density at radius 3 is 1.95 bits per heavy atom. The Balaban J connectivity index is 0.000000200. The van der Waals surface area contributed by atoms with Crippen molar-refractivity contribution in [3.8, 4) is 0 Å². The highest BCUT2D eigenvalue weighted by molar-refractivity contribution is 4.77. The second-order valence-corrected chi connectivity index (χ2v) is 6.87. The first-order valence-corrected chi connectivity index (χ1v) is 8.13. The van der Waals surface area contributed by atoms with Gasteiger partial charge in [0, 0.05) is 31.7 Å². The van der Waals surface area contributed by atoms with Crippen LogP contribution in [0, 0.1) is 5.92 Å². The van der Waals surface area contributed by atoms with Crippen LogP contribution in [-0.4, -0.2) is 47.8 Å². The van der Waals surface area contributed by atoms with Crippen molar-refractivity contribution in [3.63, 3.8) is 0 Å². The maximum absolute atomic E-state index is 9.23. The van der Waals surface area contributed by atoms with Crippen molar-refractivity contribution in [1.29, 1.82) is 0 Å². The summed E-state index contributed by atoms with van der Waals surface area (Å²) in [4.78, 5) is 2.44. The van der Waals surface area contributed by atoms with Gasteiger partial charge in [-0.25, -0.2) is 0 Å². The summed E-state index contributed by atoms with van der Waals surface area (Å²) in [6, 6.07) is 1.54. The normalized spacial score (nSPS) is 22.3. The Morgan fingerprint density at radius 1 is 1.05 bits per heavy atom. The molecule has 0 aromatic rings. The average Bonchev–Trinajstić information content (AvgIpc) is 2.27. The van der Waals surface area contributed by atoms with Gasteiger partial charge in [0.05, 0.1) is 6.10 Å². The van der Waals surface area contributed by atoms with E-state index in [1.165, 1.54) is 25.8 Å². The van der Waals surface area contributed by atoms with Gasteiger partial charge in [-0.15, -0.1) is 0 Å². The number of nitrogens with one attached hydrogen (secondary N) is 1. The van der Waals surface area contributed by atoms with Crippen LogP contribution in [0.4, 0.5) is 0 Å². The molecule has 2 fully saturated rings. The molecule has 114 valence electrons. The highest BCUT2D eigenvalue weighted by Gasteiger charge is 2.17. The summed E-state index contributed by atoms with van der Waals surface area (Å²) in [7, 11) is 0. The number of aliphatic hydroxyl groups excluding tert-OH is 1. The predicted octanol–water partition coefficient (Wildman–Crippen LogP) is 2.64. The Hall–Kier alpha value is -0.120. The van der Waals surface area contributed by atoms with Crippen molar-refractivity contribution in [2.45, 2.75) is 78.0 Å². The maximum atomic E-state index is 9.23. The molecule has 0 radical (unpaired) electrons. The summed E-state index contributed by atoms with van der Waals surface area (Å²) < 4.78 is 0. The summed E-state index contributed by atoms with van der Waals surface area (Å²) in [6.45, 7) is 12.2. The first-order valence-electron chi connectivity index (χ1n) is 8.13. The maximum Gasteiger partial charge on any atom is 0.0564 e. The van der Waals surface area contributed by atoms with Gasteiger partial charge in [-0.05, 0) is 31.6 Å². The molecular formula is C16H34N2O. The van der Waals surface area contributed by atoms with Crippen LogP contribution >= 0.6 is 0 Å². The Bertz CT molecular complexity index is 219. The van der Waals surface area contributed by atoms with Gasteiger partial charge >= 0.3 is 0 Å². The monoisotopic (exact) mass is 270 g/mol. The van der Waals surface area contributed by atoms with Gasteiger partial charge in [-0.3, -0.25) is 0 Å². The summed E-state index contributed by atoms with van der Waals surface area (Å²) in [5, 5.41) is 12.7. The third-order valence-corrected chi connectivity index (χ3v) is 3.85. The number of piperidine rings is 1. The molecule has 0 amide bonds. The van der Waals surface area contributed by atoms with Gasteiger partial charge < -0.3 is 15.3 Å². The lowest BCUT2D eigenvalue weighted by Crippen LogP contribution is -2.39. The highest BCUT2D eigenvalue weighted by Crippen LogP contribution is 2.18. The number of nitrogens with zero attached hydrogens (tertiary/aromatic N) is 1. The average molecular weight is 270 g/mol. The smallest absolute Gasteiger partial charge is 0.0564 e. The van der Waals surface area contributed by atoms with Crippen molar-refractivity contribution in [2.75, 3.05) is 19.6 Å². The number of aliphatic hydroxyl groups is 1. The molecule has 2 rings (SSSR count). The van der Waals surface area contributed by atoms with Gasteiger partial charge in [0.15, 0.2) is 0 Å². The lowest BCUT2D eigenvalue weighted by Gasteiger charge is -2.30. The molecule has 1 saturated carbocycles. The molecule has 0 atom stereocenters. The topological polar surface area (TPSA) is 35.5 Å². The number of rotatable bonds is 4. The van der Waals surface area contributed by atoms with Crippen molar-refractivity contribution in [2.24, 2.45) is 5.92 Å². The first kappa shape index (κ1) is 16.9. The zero-order valence-corrected chi connectivity index (χ0v) is 13.4. The molecule has 1 aliphatic carbocycles. The van der Waals surface area contributed by atoms with Crippen LogP contribution in [0.5, 0.6) is 0 Å². The van der Waals surface area contributed by atoms with Crippen LogP contribution in [0.1, 0.15) is 59.8 Å². The minimum Gasteiger partial charge on any atom is -0.393 e. The van der Waals surface area contributed by atoms with Crippen LogP contribution in [0.2, 0.25) is 0 Å².